The lowest BCUT2D eigenvalue weighted by atomic mass is 10.1. The van der Waals surface area contributed by atoms with Gasteiger partial charge in [0.2, 0.25) is 0 Å². The van der Waals surface area contributed by atoms with E-state index in [4.69, 9.17) is 27.9 Å². The number of rotatable bonds is 5. The van der Waals surface area contributed by atoms with E-state index in [0.29, 0.717) is 21.5 Å². The first kappa shape index (κ1) is 18.2. The molecule has 0 fully saturated rings. The summed E-state index contributed by atoms with van der Waals surface area (Å²) in [5, 5.41) is 5.76. The molecule has 2 aromatic carbocycles. The van der Waals surface area contributed by atoms with Crippen LogP contribution in [0, 0.1) is 6.92 Å². The zero-order chi connectivity index (χ0) is 18.5. The van der Waals surface area contributed by atoms with E-state index in [-0.39, 0.29) is 6.61 Å². The van der Waals surface area contributed by atoms with Gasteiger partial charge in [-0.1, -0.05) is 35.3 Å². The minimum atomic E-state index is -0.392. The SMILES string of the molecule is Cc1ccc2cc(/C=N\NC(=O)COc3ccc(Cl)cc3)c(Cl)nc2c1. The van der Waals surface area contributed by atoms with Crippen molar-refractivity contribution in [3.8, 4) is 5.75 Å². The summed E-state index contributed by atoms with van der Waals surface area (Å²) >= 11 is 12.0. The lowest BCUT2D eigenvalue weighted by molar-refractivity contribution is -0.123. The second-order valence-electron chi connectivity index (χ2n) is 5.60. The molecule has 0 aliphatic rings. The highest BCUT2D eigenvalue weighted by molar-refractivity contribution is 6.32. The molecule has 1 N–H and O–H groups in total. The fourth-order valence-electron chi connectivity index (χ4n) is 2.25. The van der Waals surface area contributed by atoms with Crippen LogP contribution in [0.4, 0.5) is 0 Å². The molecule has 0 saturated carbocycles. The van der Waals surface area contributed by atoms with Crippen LogP contribution in [0.5, 0.6) is 5.75 Å². The molecular formula is C19H15Cl2N3O2. The van der Waals surface area contributed by atoms with Gasteiger partial charge >= 0.3 is 0 Å². The average Bonchev–Trinajstić information content (AvgIpc) is 2.62. The van der Waals surface area contributed by atoms with Crippen LogP contribution in [0.15, 0.2) is 53.6 Å². The molecule has 0 aliphatic heterocycles. The van der Waals surface area contributed by atoms with Crippen molar-refractivity contribution in [2.45, 2.75) is 6.92 Å². The topological polar surface area (TPSA) is 63.6 Å². The number of benzene rings is 2. The molecule has 0 aliphatic carbocycles. The molecule has 5 nitrogen and oxygen atoms in total. The molecule has 0 spiro atoms. The Morgan fingerprint density at radius 3 is 2.73 bits per heavy atom. The molecular weight excluding hydrogens is 373 g/mol. The van der Waals surface area contributed by atoms with Gasteiger partial charge in [-0.15, -0.1) is 0 Å². The third kappa shape index (κ3) is 4.71. The third-order valence-corrected chi connectivity index (χ3v) is 4.08. The van der Waals surface area contributed by atoms with Crippen LogP contribution in [-0.2, 0) is 4.79 Å². The van der Waals surface area contributed by atoms with E-state index in [1.165, 1.54) is 6.21 Å². The van der Waals surface area contributed by atoms with Gasteiger partial charge in [-0.05, 0) is 48.9 Å². The van der Waals surface area contributed by atoms with E-state index in [2.05, 4.69) is 15.5 Å². The van der Waals surface area contributed by atoms with E-state index in [0.717, 1.165) is 16.5 Å². The van der Waals surface area contributed by atoms with Crippen molar-refractivity contribution in [3.05, 3.63) is 69.8 Å². The van der Waals surface area contributed by atoms with Crippen LogP contribution in [0.25, 0.3) is 10.9 Å². The van der Waals surface area contributed by atoms with Crippen LogP contribution in [0.2, 0.25) is 10.2 Å². The van der Waals surface area contributed by atoms with E-state index in [1.54, 1.807) is 24.3 Å². The quantitative estimate of drug-likeness (QED) is 0.401. The molecule has 1 heterocycles. The summed E-state index contributed by atoms with van der Waals surface area (Å²) in [5.74, 6) is 0.155. The van der Waals surface area contributed by atoms with Crippen molar-refractivity contribution >= 4 is 46.2 Å². The molecule has 0 unspecified atom stereocenters. The summed E-state index contributed by atoms with van der Waals surface area (Å²) in [6, 6.07) is 14.5. The number of fused-ring (bicyclic) bond motifs is 1. The van der Waals surface area contributed by atoms with Crippen LogP contribution in [-0.4, -0.2) is 23.7 Å². The Kier molecular flexibility index (Phi) is 5.71. The van der Waals surface area contributed by atoms with Gasteiger partial charge in [-0.2, -0.15) is 5.10 Å². The molecule has 1 aromatic heterocycles. The Morgan fingerprint density at radius 2 is 1.96 bits per heavy atom. The van der Waals surface area contributed by atoms with E-state index >= 15 is 0 Å². The molecule has 132 valence electrons. The van der Waals surface area contributed by atoms with Gasteiger partial charge in [-0.3, -0.25) is 4.79 Å². The van der Waals surface area contributed by atoms with Crippen LogP contribution >= 0.6 is 23.2 Å². The number of nitrogens with one attached hydrogen (secondary N) is 1. The maximum atomic E-state index is 11.8. The molecule has 3 aromatic rings. The summed E-state index contributed by atoms with van der Waals surface area (Å²) in [4.78, 5) is 16.1. The highest BCUT2D eigenvalue weighted by atomic mass is 35.5. The summed E-state index contributed by atoms with van der Waals surface area (Å²) in [7, 11) is 0. The van der Waals surface area contributed by atoms with E-state index in [1.807, 2.05) is 31.2 Å². The normalized spacial score (nSPS) is 11.0. The second kappa shape index (κ2) is 8.17. The molecule has 26 heavy (non-hydrogen) atoms. The Bertz CT molecular complexity index is 972. The van der Waals surface area contributed by atoms with Gasteiger partial charge in [0, 0.05) is 16.0 Å². The van der Waals surface area contributed by atoms with Gasteiger partial charge in [-0.25, -0.2) is 10.4 Å². The lowest BCUT2D eigenvalue weighted by Crippen LogP contribution is -2.24. The molecule has 0 bridgehead atoms. The summed E-state index contributed by atoms with van der Waals surface area (Å²) < 4.78 is 5.34. The number of aromatic nitrogens is 1. The largest absolute Gasteiger partial charge is 0.484 e. The first-order valence-corrected chi connectivity index (χ1v) is 8.54. The standard InChI is InChI=1S/C19H15Cl2N3O2/c1-12-2-3-13-9-14(19(21)23-17(13)8-12)10-22-24-18(25)11-26-16-6-4-15(20)5-7-16/h2-10H,11H2,1H3,(H,24,25)/b22-10-. The minimum Gasteiger partial charge on any atom is -0.484 e. The number of aryl methyl sites for hydroxylation is 1. The Hall–Kier alpha value is -2.63. The predicted octanol–water partition coefficient (Wildman–Crippen LogP) is 4.38. The molecule has 1 amide bonds. The number of hydrogen-bond acceptors (Lipinski definition) is 4. The van der Waals surface area contributed by atoms with Crippen LogP contribution < -0.4 is 10.2 Å². The zero-order valence-corrected chi connectivity index (χ0v) is 15.4. The Morgan fingerprint density at radius 1 is 1.19 bits per heavy atom. The molecule has 0 radical (unpaired) electrons. The number of pyridine rings is 1. The lowest BCUT2D eigenvalue weighted by Gasteiger charge is -2.05. The third-order valence-electron chi connectivity index (χ3n) is 3.53. The maximum absolute atomic E-state index is 11.8. The summed E-state index contributed by atoms with van der Waals surface area (Å²) in [6.07, 6.45) is 1.45. The zero-order valence-electron chi connectivity index (χ0n) is 13.9. The van der Waals surface area contributed by atoms with Crippen LogP contribution in [0.3, 0.4) is 0 Å². The van der Waals surface area contributed by atoms with Crippen molar-refractivity contribution < 1.29 is 9.53 Å². The Balaban J connectivity index is 1.60. The van der Waals surface area contributed by atoms with E-state index in [9.17, 15) is 4.79 Å². The van der Waals surface area contributed by atoms with Crippen molar-refractivity contribution in [3.63, 3.8) is 0 Å². The van der Waals surface area contributed by atoms with Crippen molar-refractivity contribution in [1.82, 2.24) is 10.4 Å². The van der Waals surface area contributed by atoms with Crippen molar-refractivity contribution in [2.24, 2.45) is 5.10 Å². The first-order valence-electron chi connectivity index (χ1n) is 7.78. The number of carbonyl (C=O) groups excluding carboxylic acids is 1. The van der Waals surface area contributed by atoms with Gasteiger partial charge in [0.15, 0.2) is 6.61 Å². The number of ether oxygens (including phenoxy) is 1. The van der Waals surface area contributed by atoms with Crippen LogP contribution in [0.1, 0.15) is 11.1 Å². The summed E-state index contributed by atoms with van der Waals surface area (Å²) in [6.45, 7) is 1.83. The van der Waals surface area contributed by atoms with Gasteiger partial charge in [0.05, 0.1) is 11.7 Å². The van der Waals surface area contributed by atoms with Crippen molar-refractivity contribution in [2.75, 3.05) is 6.61 Å². The Labute approximate surface area is 160 Å². The highest BCUT2D eigenvalue weighted by Gasteiger charge is 2.05. The molecule has 0 atom stereocenters. The fraction of sp³-hybridized carbons (Fsp3) is 0.105. The number of amides is 1. The molecule has 7 heteroatoms. The number of hydrazone groups is 1. The fourth-order valence-corrected chi connectivity index (χ4v) is 2.57. The molecule has 3 rings (SSSR count). The monoisotopic (exact) mass is 387 g/mol. The highest BCUT2D eigenvalue weighted by Crippen LogP contribution is 2.20. The van der Waals surface area contributed by atoms with Gasteiger partial charge in [0.1, 0.15) is 10.9 Å². The van der Waals surface area contributed by atoms with E-state index < -0.39 is 5.91 Å². The number of nitrogens with zero attached hydrogens (tertiary/aromatic N) is 2. The maximum Gasteiger partial charge on any atom is 0.277 e. The number of carbonyl (C=O) groups is 1. The summed E-state index contributed by atoms with van der Waals surface area (Å²) in [5.41, 5.74) is 4.92. The van der Waals surface area contributed by atoms with Crippen molar-refractivity contribution in [1.29, 1.82) is 0 Å². The number of halogens is 2. The smallest absolute Gasteiger partial charge is 0.277 e. The predicted molar refractivity (Wildman–Crippen MR) is 104 cm³/mol. The minimum absolute atomic E-state index is 0.165. The number of hydrogen-bond donors (Lipinski definition) is 1. The van der Waals surface area contributed by atoms with Gasteiger partial charge < -0.3 is 4.74 Å². The van der Waals surface area contributed by atoms with Gasteiger partial charge in [0.25, 0.3) is 5.91 Å². The first-order chi connectivity index (χ1) is 12.5. The second-order valence-corrected chi connectivity index (χ2v) is 6.39. The molecule has 0 saturated heterocycles. The average molecular weight is 388 g/mol.